The summed E-state index contributed by atoms with van der Waals surface area (Å²) in [5.74, 6) is -1.96. The summed E-state index contributed by atoms with van der Waals surface area (Å²) < 4.78 is 39.4. The van der Waals surface area contributed by atoms with Crippen LogP contribution in [0, 0.1) is 0 Å². The lowest BCUT2D eigenvalue weighted by molar-refractivity contribution is -0.137. The molecule has 0 bridgehead atoms. The van der Waals surface area contributed by atoms with Crippen molar-refractivity contribution in [1.82, 2.24) is 0 Å². The average molecular weight is 319 g/mol. The first-order valence-corrected chi connectivity index (χ1v) is 6.47. The van der Waals surface area contributed by atoms with Gasteiger partial charge in [-0.3, -0.25) is 4.79 Å². The predicted molar refractivity (Wildman–Crippen MR) is 70.0 cm³/mol. The molecule has 0 spiro atoms. The van der Waals surface area contributed by atoms with E-state index >= 15 is 0 Å². The highest BCUT2D eigenvalue weighted by Crippen LogP contribution is 2.41. The van der Waals surface area contributed by atoms with Crippen LogP contribution < -0.4 is 0 Å². The number of Topliss-reactive ketones (excluding diaryl/α,β-unsaturated/α-hetero) is 1. The Morgan fingerprint density at radius 1 is 1.24 bits per heavy atom. The second kappa shape index (κ2) is 5.52. The number of halogens is 4. The smallest absolute Gasteiger partial charge is 0.417 e. The fourth-order valence-electron chi connectivity index (χ4n) is 2.34. The third-order valence-electron chi connectivity index (χ3n) is 3.24. The fourth-order valence-corrected chi connectivity index (χ4v) is 2.62. The Morgan fingerprint density at radius 3 is 2.48 bits per heavy atom. The summed E-state index contributed by atoms with van der Waals surface area (Å²) in [6.07, 6.45) is -4.10. The molecule has 0 fully saturated rings. The summed E-state index contributed by atoms with van der Waals surface area (Å²) in [6.45, 7) is 0. The van der Waals surface area contributed by atoms with Crippen molar-refractivity contribution < 1.29 is 27.9 Å². The van der Waals surface area contributed by atoms with E-state index in [0.29, 0.717) is 6.42 Å². The summed E-state index contributed by atoms with van der Waals surface area (Å²) in [7, 11) is 0. The molecule has 1 aromatic carbocycles. The van der Waals surface area contributed by atoms with Gasteiger partial charge < -0.3 is 5.11 Å². The van der Waals surface area contributed by atoms with Crippen LogP contribution in [0.25, 0.3) is 5.57 Å². The van der Waals surface area contributed by atoms with Crippen molar-refractivity contribution in [3.63, 3.8) is 0 Å². The van der Waals surface area contributed by atoms with Gasteiger partial charge >= 0.3 is 12.1 Å². The molecule has 0 radical (unpaired) electrons. The van der Waals surface area contributed by atoms with Crippen molar-refractivity contribution in [2.24, 2.45) is 0 Å². The molecule has 1 aliphatic carbocycles. The number of allylic oxidation sites excluding steroid dienone is 2. The molecular formula is C14H10ClF3O3. The number of rotatable bonds is 2. The number of carbonyl (C=O) groups excluding carboxylic acids is 1. The predicted octanol–water partition coefficient (Wildman–Crippen LogP) is 4.11. The number of alkyl halides is 3. The van der Waals surface area contributed by atoms with Crippen LogP contribution in [0.5, 0.6) is 0 Å². The molecule has 2 rings (SSSR count). The van der Waals surface area contributed by atoms with Crippen molar-refractivity contribution >= 4 is 28.9 Å². The van der Waals surface area contributed by atoms with Crippen LogP contribution in [-0.2, 0) is 11.0 Å². The maximum Gasteiger partial charge on any atom is 0.417 e. The van der Waals surface area contributed by atoms with Gasteiger partial charge in [0, 0.05) is 12.0 Å². The van der Waals surface area contributed by atoms with Gasteiger partial charge in [-0.25, -0.2) is 4.79 Å². The second-order valence-corrected chi connectivity index (χ2v) is 4.98. The Bertz CT molecular complexity index is 647. The van der Waals surface area contributed by atoms with Crippen LogP contribution in [-0.4, -0.2) is 16.9 Å². The first-order valence-electron chi connectivity index (χ1n) is 6.09. The fraction of sp³-hybridized carbons (Fsp3) is 0.286. The number of carbonyl (C=O) groups is 2. The van der Waals surface area contributed by atoms with Gasteiger partial charge in [-0.1, -0.05) is 17.7 Å². The zero-order valence-electron chi connectivity index (χ0n) is 10.6. The summed E-state index contributed by atoms with van der Waals surface area (Å²) in [5, 5.41) is 8.82. The molecule has 0 saturated heterocycles. The largest absolute Gasteiger partial charge is 0.478 e. The zero-order valence-corrected chi connectivity index (χ0v) is 11.4. The highest BCUT2D eigenvalue weighted by molar-refractivity contribution is 6.46. The second-order valence-electron chi connectivity index (χ2n) is 4.60. The van der Waals surface area contributed by atoms with Crippen molar-refractivity contribution in [3.05, 3.63) is 39.9 Å². The van der Waals surface area contributed by atoms with Gasteiger partial charge in [-0.05, 0) is 30.5 Å². The highest BCUT2D eigenvalue weighted by Gasteiger charge is 2.37. The molecule has 1 aliphatic rings. The van der Waals surface area contributed by atoms with Crippen molar-refractivity contribution in [3.8, 4) is 0 Å². The molecule has 0 aliphatic heterocycles. The van der Waals surface area contributed by atoms with E-state index < -0.39 is 34.6 Å². The summed E-state index contributed by atoms with van der Waals surface area (Å²) >= 11 is 5.84. The van der Waals surface area contributed by atoms with Gasteiger partial charge in [0.25, 0.3) is 0 Å². The molecule has 7 heteroatoms. The van der Waals surface area contributed by atoms with E-state index in [1.54, 1.807) is 0 Å². The summed E-state index contributed by atoms with van der Waals surface area (Å²) in [5.41, 5.74) is -2.15. The molecular weight excluding hydrogens is 309 g/mol. The van der Waals surface area contributed by atoms with Gasteiger partial charge in [-0.2, -0.15) is 13.2 Å². The molecule has 21 heavy (non-hydrogen) atoms. The molecule has 0 amide bonds. The Labute approximate surface area is 123 Å². The average Bonchev–Trinajstić information content (AvgIpc) is 2.40. The van der Waals surface area contributed by atoms with Gasteiger partial charge in [0.15, 0.2) is 5.78 Å². The number of carboxylic acids is 1. The Morgan fingerprint density at radius 2 is 1.90 bits per heavy atom. The Balaban J connectivity index is 2.80. The Kier molecular flexibility index (Phi) is 4.09. The molecule has 0 heterocycles. The maximum absolute atomic E-state index is 13.1. The van der Waals surface area contributed by atoms with Crippen molar-refractivity contribution in [2.75, 3.05) is 0 Å². The number of hydrogen-bond acceptors (Lipinski definition) is 2. The molecule has 1 N–H and O–H groups in total. The van der Waals surface area contributed by atoms with Crippen LogP contribution in [0.1, 0.15) is 40.7 Å². The van der Waals surface area contributed by atoms with Crippen molar-refractivity contribution in [1.29, 1.82) is 0 Å². The van der Waals surface area contributed by atoms with Crippen LogP contribution in [0.3, 0.4) is 0 Å². The monoisotopic (exact) mass is 318 g/mol. The molecule has 112 valence electrons. The topological polar surface area (TPSA) is 54.4 Å². The number of ketones is 1. The van der Waals surface area contributed by atoms with E-state index in [1.165, 1.54) is 0 Å². The molecule has 1 aromatic rings. The van der Waals surface area contributed by atoms with E-state index in [-0.39, 0.29) is 23.4 Å². The van der Waals surface area contributed by atoms with Gasteiger partial charge in [0.2, 0.25) is 0 Å². The number of benzene rings is 1. The third kappa shape index (κ3) is 2.95. The molecule has 0 saturated carbocycles. The zero-order chi connectivity index (χ0) is 15.8. The number of aromatic carboxylic acids is 1. The molecule has 0 aromatic heterocycles. The lowest BCUT2D eigenvalue weighted by atomic mass is 9.86. The standard InChI is InChI=1S/C14H10ClF3O3/c15-12-7(3-2-6-10(12)19)11-8(13(20)21)4-1-5-9(11)14(16,17)18/h1,4-5H,2-3,6H2,(H,20,21). The highest BCUT2D eigenvalue weighted by atomic mass is 35.5. The summed E-state index contributed by atoms with van der Waals surface area (Å²) in [6, 6.07) is 2.88. The van der Waals surface area contributed by atoms with Gasteiger partial charge in [-0.15, -0.1) is 0 Å². The minimum absolute atomic E-state index is 0.0433. The van der Waals surface area contributed by atoms with E-state index in [4.69, 9.17) is 16.7 Å². The van der Waals surface area contributed by atoms with Crippen LogP contribution in [0.4, 0.5) is 13.2 Å². The molecule has 0 unspecified atom stereocenters. The minimum Gasteiger partial charge on any atom is -0.478 e. The quantitative estimate of drug-likeness (QED) is 0.893. The van der Waals surface area contributed by atoms with Crippen LogP contribution in [0.2, 0.25) is 0 Å². The van der Waals surface area contributed by atoms with E-state index in [1.807, 2.05) is 0 Å². The summed E-state index contributed by atoms with van der Waals surface area (Å²) in [4.78, 5) is 22.8. The first-order chi connectivity index (χ1) is 9.73. The Hall–Kier alpha value is -1.82. The molecule has 3 nitrogen and oxygen atoms in total. The maximum atomic E-state index is 13.1. The number of hydrogen-bond donors (Lipinski definition) is 1. The third-order valence-corrected chi connectivity index (χ3v) is 3.68. The number of carboxylic acid groups (broad SMARTS) is 1. The van der Waals surface area contributed by atoms with Crippen LogP contribution in [0.15, 0.2) is 23.2 Å². The molecule has 0 atom stereocenters. The normalized spacial score (nSPS) is 16.3. The van der Waals surface area contributed by atoms with Crippen molar-refractivity contribution in [2.45, 2.75) is 25.4 Å². The lowest BCUT2D eigenvalue weighted by Crippen LogP contribution is -2.16. The first kappa shape index (κ1) is 15.6. The lowest BCUT2D eigenvalue weighted by Gasteiger charge is -2.21. The van der Waals surface area contributed by atoms with E-state index in [2.05, 4.69) is 0 Å². The van der Waals surface area contributed by atoms with Crippen LogP contribution >= 0.6 is 11.6 Å². The minimum atomic E-state index is -4.73. The van der Waals surface area contributed by atoms with E-state index in [0.717, 1.165) is 18.2 Å². The van der Waals surface area contributed by atoms with Gasteiger partial charge in [0.05, 0.1) is 16.2 Å². The SMILES string of the molecule is O=C1CCCC(c2c(C(=O)O)cccc2C(F)(F)F)=C1Cl. The van der Waals surface area contributed by atoms with Gasteiger partial charge in [0.1, 0.15) is 0 Å². The van der Waals surface area contributed by atoms with E-state index in [9.17, 15) is 22.8 Å².